The SMILES string of the molecule is CCC(=O)N1C2CCC1CN(C/C=C/c1cc(OC)c(OC)c(OC)c1)C2. The highest BCUT2D eigenvalue weighted by atomic mass is 16.5. The third kappa shape index (κ3) is 4.05. The van der Waals surface area contributed by atoms with Gasteiger partial charge in [-0.2, -0.15) is 0 Å². The van der Waals surface area contributed by atoms with Crippen molar-refractivity contribution < 1.29 is 19.0 Å². The Balaban J connectivity index is 1.64. The Hall–Kier alpha value is -2.21. The van der Waals surface area contributed by atoms with Gasteiger partial charge in [-0.25, -0.2) is 0 Å². The Bertz CT molecular complexity index is 664. The summed E-state index contributed by atoms with van der Waals surface area (Å²) >= 11 is 0. The number of hydrogen-bond acceptors (Lipinski definition) is 5. The van der Waals surface area contributed by atoms with Crippen LogP contribution in [0.2, 0.25) is 0 Å². The van der Waals surface area contributed by atoms with Gasteiger partial charge in [-0.1, -0.05) is 19.1 Å². The van der Waals surface area contributed by atoms with Gasteiger partial charge >= 0.3 is 0 Å². The molecule has 1 aromatic carbocycles. The van der Waals surface area contributed by atoms with Crippen LogP contribution in [0.15, 0.2) is 18.2 Å². The standard InChI is InChI=1S/C21H30N2O4/c1-5-20(24)23-16-8-9-17(23)14-22(13-16)10-6-7-15-11-18(25-2)21(27-4)19(12-15)26-3/h6-7,11-12,16-17H,5,8-10,13-14H2,1-4H3/b7-6+. The molecular formula is C21H30N2O4. The molecule has 2 fully saturated rings. The molecule has 0 N–H and O–H groups in total. The highest BCUT2D eigenvalue weighted by Crippen LogP contribution is 2.38. The molecule has 0 aliphatic carbocycles. The second kappa shape index (κ2) is 8.65. The van der Waals surface area contributed by atoms with Crippen LogP contribution >= 0.6 is 0 Å². The van der Waals surface area contributed by atoms with Crippen LogP contribution < -0.4 is 14.2 Å². The molecule has 0 aromatic heterocycles. The van der Waals surface area contributed by atoms with Gasteiger partial charge < -0.3 is 19.1 Å². The zero-order chi connectivity index (χ0) is 19.4. The van der Waals surface area contributed by atoms with Crippen molar-refractivity contribution in [2.24, 2.45) is 0 Å². The van der Waals surface area contributed by atoms with Gasteiger partial charge in [0.05, 0.1) is 21.3 Å². The summed E-state index contributed by atoms with van der Waals surface area (Å²) in [5, 5.41) is 0. The third-order valence-electron chi connectivity index (χ3n) is 5.51. The van der Waals surface area contributed by atoms with Crippen LogP contribution in [0.3, 0.4) is 0 Å². The predicted octanol–water partition coefficient (Wildman–Crippen LogP) is 2.81. The Morgan fingerprint density at radius 2 is 1.67 bits per heavy atom. The van der Waals surface area contributed by atoms with E-state index < -0.39 is 0 Å². The molecule has 1 amide bonds. The smallest absolute Gasteiger partial charge is 0.222 e. The molecule has 2 heterocycles. The monoisotopic (exact) mass is 374 g/mol. The van der Waals surface area contributed by atoms with E-state index in [1.54, 1.807) is 21.3 Å². The van der Waals surface area contributed by atoms with Crippen LogP contribution in [0.4, 0.5) is 0 Å². The quantitative estimate of drug-likeness (QED) is 0.735. The second-order valence-corrected chi connectivity index (χ2v) is 7.12. The van der Waals surface area contributed by atoms with Crippen LogP contribution in [0.1, 0.15) is 31.7 Å². The normalized spacial score (nSPS) is 22.3. The van der Waals surface area contributed by atoms with Crippen LogP contribution in [0.25, 0.3) is 6.08 Å². The lowest BCUT2D eigenvalue weighted by Gasteiger charge is -2.40. The molecule has 6 heteroatoms. The van der Waals surface area contributed by atoms with Gasteiger partial charge in [0.25, 0.3) is 0 Å². The van der Waals surface area contributed by atoms with Crippen LogP contribution in [-0.4, -0.2) is 68.8 Å². The average Bonchev–Trinajstić information content (AvgIpc) is 2.96. The molecule has 27 heavy (non-hydrogen) atoms. The molecule has 0 spiro atoms. The summed E-state index contributed by atoms with van der Waals surface area (Å²) in [6.45, 7) is 4.75. The van der Waals surface area contributed by atoms with E-state index in [1.807, 2.05) is 19.1 Å². The summed E-state index contributed by atoms with van der Waals surface area (Å²) in [6.07, 6.45) is 7.11. The number of methoxy groups -OCH3 is 3. The second-order valence-electron chi connectivity index (χ2n) is 7.12. The summed E-state index contributed by atoms with van der Waals surface area (Å²) in [5.74, 6) is 2.21. The Morgan fingerprint density at radius 1 is 1.07 bits per heavy atom. The fourth-order valence-electron chi connectivity index (χ4n) is 4.26. The Kier molecular flexibility index (Phi) is 6.26. The first-order chi connectivity index (χ1) is 13.1. The summed E-state index contributed by atoms with van der Waals surface area (Å²) in [7, 11) is 4.85. The van der Waals surface area contributed by atoms with Gasteiger partial charge in [0.15, 0.2) is 11.5 Å². The summed E-state index contributed by atoms with van der Waals surface area (Å²) in [6, 6.07) is 4.65. The molecule has 1 aromatic rings. The molecule has 0 radical (unpaired) electrons. The first-order valence-corrected chi connectivity index (χ1v) is 9.61. The zero-order valence-electron chi connectivity index (χ0n) is 16.7. The maximum absolute atomic E-state index is 12.2. The van der Waals surface area contributed by atoms with Crippen LogP contribution in [0, 0.1) is 0 Å². The van der Waals surface area contributed by atoms with Crippen molar-refractivity contribution in [1.82, 2.24) is 9.80 Å². The predicted molar refractivity (Wildman–Crippen MR) is 106 cm³/mol. The van der Waals surface area contributed by atoms with E-state index in [1.165, 1.54) is 0 Å². The number of piperazine rings is 1. The van der Waals surface area contributed by atoms with Gasteiger partial charge in [-0.15, -0.1) is 0 Å². The number of fused-ring (bicyclic) bond motifs is 2. The molecule has 2 atom stereocenters. The van der Waals surface area contributed by atoms with Crippen molar-refractivity contribution in [3.8, 4) is 17.2 Å². The number of carbonyl (C=O) groups excluding carboxylic acids is 1. The molecule has 2 aliphatic rings. The van der Waals surface area contributed by atoms with Crippen molar-refractivity contribution in [1.29, 1.82) is 0 Å². The van der Waals surface area contributed by atoms with E-state index in [0.29, 0.717) is 41.7 Å². The summed E-state index contributed by atoms with van der Waals surface area (Å²) in [4.78, 5) is 16.7. The first kappa shape index (κ1) is 19.5. The number of rotatable bonds is 7. The van der Waals surface area contributed by atoms with E-state index in [2.05, 4.69) is 22.0 Å². The number of nitrogens with zero attached hydrogens (tertiary/aromatic N) is 2. The zero-order valence-corrected chi connectivity index (χ0v) is 16.7. The summed E-state index contributed by atoms with van der Waals surface area (Å²) in [5.41, 5.74) is 1.01. The fraction of sp³-hybridized carbons (Fsp3) is 0.571. The molecule has 2 saturated heterocycles. The minimum Gasteiger partial charge on any atom is -0.493 e. The van der Waals surface area contributed by atoms with Gasteiger partial charge in [-0.3, -0.25) is 9.69 Å². The van der Waals surface area contributed by atoms with Crippen molar-refractivity contribution in [3.05, 3.63) is 23.8 Å². The summed E-state index contributed by atoms with van der Waals surface area (Å²) < 4.78 is 16.2. The first-order valence-electron chi connectivity index (χ1n) is 9.61. The van der Waals surface area contributed by atoms with Crippen molar-refractivity contribution >= 4 is 12.0 Å². The number of amides is 1. The highest BCUT2D eigenvalue weighted by Gasteiger charge is 2.41. The molecule has 3 rings (SSSR count). The van der Waals surface area contributed by atoms with E-state index >= 15 is 0 Å². The molecular weight excluding hydrogens is 344 g/mol. The highest BCUT2D eigenvalue weighted by molar-refractivity contribution is 5.77. The van der Waals surface area contributed by atoms with Gasteiger partial charge in [0, 0.05) is 38.1 Å². The van der Waals surface area contributed by atoms with Crippen molar-refractivity contribution in [2.45, 2.75) is 38.3 Å². The van der Waals surface area contributed by atoms with E-state index in [-0.39, 0.29) is 0 Å². The Labute approximate surface area is 161 Å². The maximum atomic E-state index is 12.2. The lowest BCUT2D eigenvalue weighted by Crippen LogP contribution is -2.55. The van der Waals surface area contributed by atoms with Gasteiger partial charge in [0.1, 0.15) is 0 Å². The molecule has 2 unspecified atom stereocenters. The maximum Gasteiger partial charge on any atom is 0.222 e. The molecule has 0 saturated carbocycles. The van der Waals surface area contributed by atoms with Crippen LogP contribution in [-0.2, 0) is 4.79 Å². The third-order valence-corrected chi connectivity index (χ3v) is 5.51. The average molecular weight is 374 g/mol. The molecule has 2 aliphatic heterocycles. The van der Waals surface area contributed by atoms with E-state index in [9.17, 15) is 4.79 Å². The number of ether oxygens (including phenoxy) is 3. The molecule has 148 valence electrons. The largest absolute Gasteiger partial charge is 0.493 e. The van der Waals surface area contributed by atoms with Crippen molar-refractivity contribution in [2.75, 3.05) is 41.0 Å². The lowest BCUT2D eigenvalue weighted by molar-refractivity contribution is -0.136. The number of benzene rings is 1. The van der Waals surface area contributed by atoms with Gasteiger partial charge in [-0.05, 0) is 30.5 Å². The topological polar surface area (TPSA) is 51.2 Å². The number of likely N-dealkylation sites (tertiary alicyclic amines) is 1. The van der Waals surface area contributed by atoms with E-state index in [4.69, 9.17) is 14.2 Å². The van der Waals surface area contributed by atoms with Crippen molar-refractivity contribution in [3.63, 3.8) is 0 Å². The number of carbonyl (C=O) groups is 1. The molecule has 2 bridgehead atoms. The number of hydrogen-bond donors (Lipinski definition) is 0. The Morgan fingerprint density at radius 3 is 2.15 bits per heavy atom. The van der Waals surface area contributed by atoms with E-state index in [0.717, 1.165) is 38.0 Å². The van der Waals surface area contributed by atoms with Crippen LogP contribution in [0.5, 0.6) is 17.2 Å². The lowest BCUT2D eigenvalue weighted by atomic mass is 10.1. The minimum atomic E-state index is 0.301. The minimum absolute atomic E-state index is 0.301. The van der Waals surface area contributed by atoms with Gasteiger partial charge in [0.2, 0.25) is 11.7 Å². The molecule has 6 nitrogen and oxygen atoms in total. The fourth-order valence-corrected chi connectivity index (χ4v) is 4.26.